The van der Waals surface area contributed by atoms with Crippen LogP contribution in [-0.4, -0.2) is 46.5 Å². The second-order valence-corrected chi connectivity index (χ2v) is 6.89. The van der Waals surface area contributed by atoms with Gasteiger partial charge in [0.25, 0.3) is 0 Å². The molecule has 0 heterocycles. The first-order valence-corrected chi connectivity index (χ1v) is 10.1. The zero-order chi connectivity index (χ0) is 19.3. The molecule has 6 heteroatoms. The maximum atomic E-state index is 5.97. The number of benzene rings is 1. The Kier molecular flexibility index (Phi) is 9.84. The van der Waals surface area contributed by atoms with Gasteiger partial charge in [-0.05, 0) is 44.2 Å². The molecule has 0 saturated heterocycles. The van der Waals surface area contributed by atoms with Crippen molar-refractivity contribution < 1.29 is 14.2 Å². The first-order valence-electron chi connectivity index (χ1n) is 10.1. The van der Waals surface area contributed by atoms with Crippen molar-refractivity contribution in [3.8, 4) is 11.5 Å². The second-order valence-electron chi connectivity index (χ2n) is 6.89. The van der Waals surface area contributed by atoms with E-state index in [1.807, 2.05) is 18.2 Å². The molecule has 1 aromatic carbocycles. The van der Waals surface area contributed by atoms with E-state index in [-0.39, 0.29) is 0 Å². The molecule has 0 radical (unpaired) electrons. The van der Waals surface area contributed by atoms with Gasteiger partial charge in [-0.3, -0.25) is 4.99 Å². The average molecular weight is 378 g/mol. The van der Waals surface area contributed by atoms with Crippen LogP contribution in [0.4, 0.5) is 5.69 Å². The van der Waals surface area contributed by atoms with Crippen LogP contribution in [0, 0.1) is 0 Å². The summed E-state index contributed by atoms with van der Waals surface area (Å²) in [6.07, 6.45) is 10.4. The number of unbranched alkanes of at least 4 members (excludes halogenated alkanes) is 2. The summed E-state index contributed by atoms with van der Waals surface area (Å²) < 4.78 is 16.6. The van der Waals surface area contributed by atoms with Crippen molar-refractivity contribution >= 4 is 11.6 Å². The van der Waals surface area contributed by atoms with Gasteiger partial charge in [0.1, 0.15) is 0 Å². The number of aliphatic imine (C=N–C) groups is 1. The van der Waals surface area contributed by atoms with Gasteiger partial charge in [0.2, 0.25) is 0 Å². The summed E-state index contributed by atoms with van der Waals surface area (Å²) in [7, 11) is 5.03. The monoisotopic (exact) mass is 377 g/mol. The molecule has 0 atom stereocenters. The smallest absolute Gasteiger partial charge is 0.195 e. The molecule has 152 valence electrons. The molecule has 2 rings (SSSR count). The molecule has 2 N–H and O–H groups in total. The summed E-state index contributed by atoms with van der Waals surface area (Å²) in [5.41, 5.74) is 0.904. The topological polar surface area (TPSA) is 64.1 Å². The lowest BCUT2D eigenvalue weighted by atomic mass is 9.98. The van der Waals surface area contributed by atoms with Crippen LogP contribution < -0.4 is 20.1 Å². The fraction of sp³-hybridized carbons (Fsp3) is 0.667. The molecule has 1 aromatic rings. The molecule has 1 aliphatic carbocycles. The quantitative estimate of drug-likeness (QED) is 0.363. The first kappa shape index (κ1) is 21.4. The summed E-state index contributed by atoms with van der Waals surface area (Å²) in [5, 5.41) is 6.63. The highest BCUT2D eigenvalue weighted by Crippen LogP contribution is 2.29. The van der Waals surface area contributed by atoms with E-state index >= 15 is 0 Å². The van der Waals surface area contributed by atoms with Gasteiger partial charge in [-0.15, -0.1) is 0 Å². The number of nitrogens with one attached hydrogen (secondary N) is 2. The van der Waals surface area contributed by atoms with Gasteiger partial charge >= 0.3 is 0 Å². The Morgan fingerprint density at radius 2 is 1.81 bits per heavy atom. The van der Waals surface area contributed by atoms with Crippen LogP contribution in [0.5, 0.6) is 11.5 Å². The fourth-order valence-electron chi connectivity index (χ4n) is 3.32. The molecule has 6 nitrogen and oxygen atoms in total. The summed E-state index contributed by atoms with van der Waals surface area (Å²) in [6.45, 7) is 1.78. The van der Waals surface area contributed by atoms with Crippen LogP contribution in [0.1, 0.15) is 51.4 Å². The van der Waals surface area contributed by atoms with Crippen molar-refractivity contribution in [1.29, 1.82) is 0 Å². The number of hydrogen-bond acceptors (Lipinski definition) is 4. The van der Waals surface area contributed by atoms with E-state index in [2.05, 4.69) is 15.6 Å². The normalized spacial score (nSPS) is 15.4. The van der Waals surface area contributed by atoms with Crippen molar-refractivity contribution in [2.24, 2.45) is 4.99 Å². The summed E-state index contributed by atoms with van der Waals surface area (Å²) in [6, 6.07) is 5.71. The summed E-state index contributed by atoms with van der Waals surface area (Å²) >= 11 is 0. The Bertz CT molecular complexity index is 572. The number of guanidine groups is 1. The highest BCUT2D eigenvalue weighted by Gasteiger charge is 2.12. The standard InChI is InChI=1S/C21H35N3O3/c1-22-21(24-17-12-13-19(25-2)20(16-17)26-3)23-14-8-5-9-15-27-18-10-6-4-7-11-18/h12-13,16,18H,4-11,14-15H2,1-3H3,(H2,22,23,24). The Hall–Kier alpha value is -1.95. The van der Waals surface area contributed by atoms with E-state index in [9.17, 15) is 0 Å². The van der Waals surface area contributed by atoms with E-state index in [1.165, 1.54) is 32.1 Å². The van der Waals surface area contributed by atoms with Gasteiger partial charge in [0.15, 0.2) is 17.5 Å². The Morgan fingerprint density at radius 3 is 2.52 bits per heavy atom. The molecule has 0 spiro atoms. The molecule has 1 fully saturated rings. The van der Waals surface area contributed by atoms with Crippen LogP contribution in [0.3, 0.4) is 0 Å². The molecule has 1 saturated carbocycles. The third kappa shape index (κ3) is 7.67. The van der Waals surface area contributed by atoms with Crippen molar-refractivity contribution in [2.45, 2.75) is 57.5 Å². The van der Waals surface area contributed by atoms with E-state index < -0.39 is 0 Å². The number of nitrogens with zero attached hydrogens (tertiary/aromatic N) is 1. The van der Waals surface area contributed by atoms with Crippen LogP contribution in [0.25, 0.3) is 0 Å². The lowest BCUT2D eigenvalue weighted by Crippen LogP contribution is -2.31. The molecule has 0 bridgehead atoms. The fourth-order valence-corrected chi connectivity index (χ4v) is 3.32. The molecule has 1 aliphatic rings. The molecular formula is C21H35N3O3. The van der Waals surface area contributed by atoms with Gasteiger partial charge in [0, 0.05) is 32.0 Å². The molecule has 0 aromatic heterocycles. The van der Waals surface area contributed by atoms with Crippen LogP contribution in [0.15, 0.2) is 23.2 Å². The van der Waals surface area contributed by atoms with Crippen LogP contribution in [-0.2, 0) is 4.74 Å². The number of ether oxygens (including phenoxy) is 3. The summed E-state index contributed by atoms with van der Waals surface area (Å²) in [4.78, 5) is 4.27. The van der Waals surface area contributed by atoms with E-state index in [0.717, 1.165) is 44.1 Å². The van der Waals surface area contributed by atoms with Gasteiger partial charge < -0.3 is 24.8 Å². The Labute approximate surface area is 163 Å². The van der Waals surface area contributed by atoms with Crippen molar-refractivity contribution in [1.82, 2.24) is 5.32 Å². The average Bonchev–Trinajstić information content (AvgIpc) is 2.72. The number of methoxy groups -OCH3 is 2. The summed E-state index contributed by atoms with van der Waals surface area (Å²) in [5.74, 6) is 2.15. The van der Waals surface area contributed by atoms with Crippen molar-refractivity contribution in [3.63, 3.8) is 0 Å². The van der Waals surface area contributed by atoms with Gasteiger partial charge in [-0.1, -0.05) is 19.3 Å². The van der Waals surface area contributed by atoms with Gasteiger partial charge in [-0.25, -0.2) is 0 Å². The Morgan fingerprint density at radius 1 is 1.04 bits per heavy atom. The van der Waals surface area contributed by atoms with Gasteiger partial charge in [-0.2, -0.15) is 0 Å². The first-order chi connectivity index (χ1) is 13.3. The van der Waals surface area contributed by atoms with E-state index in [1.54, 1.807) is 21.3 Å². The van der Waals surface area contributed by atoms with Crippen LogP contribution >= 0.6 is 0 Å². The zero-order valence-electron chi connectivity index (χ0n) is 17.1. The van der Waals surface area contributed by atoms with Crippen molar-refractivity contribution in [2.75, 3.05) is 39.7 Å². The Balaban J connectivity index is 1.61. The second kappa shape index (κ2) is 12.4. The van der Waals surface area contributed by atoms with Gasteiger partial charge in [0.05, 0.1) is 20.3 Å². The third-order valence-corrected chi connectivity index (χ3v) is 4.89. The van der Waals surface area contributed by atoms with Crippen molar-refractivity contribution in [3.05, 3.63) is 18.2 Å². The molecule has 27 heavy (non-hydrogen) atoms. The minimum atomic E-state index is 0.515. The van der Waals surface area contributed by atoms with E-state index in [0.29, 0.717) is 17.6 Å². The lowest BCUT2D eigenvalue weighted by molar-refractivity contribution is 0.0264. The highest BCUT2D eigenvalue weighted by atomic mass is 16.5. The molecule has 0 amide bonds. The SMILES string of the molecule is CN=C(NCCCCCOC1CCCCC1)Nc1ccc(OC)c(OC)c1. The third-order valence-electron chi connectivity index (χ3n) is 4.89. The minimum absolute atomic E-state index is 0.515. The maximum absolute atomic E-state index is 5.97. The van der Waals surface area contributed by atoms with Crippen LogP contribution in [0.2, 0.25) is 0 Å². The number of anilines is 1. The number of rotatable bonds is 10. The molecule has 0 aliphatic heterocycles. The highest BCUT2D eigenvalue weighted by molar-refractivity contribution is 5.93. The van der Waals surface area contributed by atoms with E-state index in [4.69, 9.17) is 14.2 Å². The number of hydrogen-bond donors (Lipinski definition) is 2. The lowest BCUT2D eigenvalue weighted by Gasteiger charge is -2.21. The zero-order valence-corrected chi connectivity index (χ0v) is 17.1. The predicted octanol–water partition coefficient (Wildman–Crippen LogP) is 4.21. The minimum Gasteiger partial charge on any atom is -0.493 e. The molecular weight excluding hydrogens is 342 g/mol. The largest absolute Gasteiger partial charge is 0.493 e. The molecule has 0 unspecified atom stereocenters. The predicted molar refractivity (Wildman–Crippen MR) is 111 cm³/mol. The maximum Gasteiger partial charge on any atom is 0.195 e.